The van der Waals surface area contributed by atoms with E-state index in [9.17, 15) is 13.2 Å². The zero-order valence-electron chi connectivity index (χ0n) is 17.4. The highest BCUT2D eigenvalue weighted by molar-refractivity contribution is 7.92. The first-order valence-electron chi connectivity index (χ1n) is 9.98. The fraction of sp³-hybridized carbons (Fsp3) is 0.208. The fourth-order valence-electron chi connectivity index (χ4n) is 3.65. The monoisotopic (exact) mass is 436 g/mol. The molecule has 6 nitrogen and oxygen atoms in total. The van der Waals surface area contributed by atoms with E-state index in [1.54, 1.807) is 24.3 Å². The summed E-state index contributed by atoms with van der Waals surface area (Å²) in [5, 5.41) is 3.06. The lowest BCUT2D eigenvalue weighted by Crippen LogP contribution is -2.51. The molecule has 1 N–H and O–H groups in total. The molecule has 1 heterocycles. The summed E-state index contributed by atoms with van der Waals surface area (Å²) in [6, 6.07) is 24.0. The summed E-state index contributed by atoms with van der Waals surface area (Å²) in [4.78, 5) is 13.2. The van der Waals surface area contributed by atoms with Crippen molar-refractivity contribution < 1.29 is 17.9 Å². The molecule has 0 spiro atoms. The van der Waals surface area contributed by atoms with Gasteiger partial charge in [0.05, 0.1) is 24.5 Å². The Morgan fingerprint density at radius 3 is 2.26 bits per heavy atom. The Labute approximate surface area is 182 Å². The molecule has 2 atom stereocenters. The molecule has 7 heteroatoms. The van der Waals surface area contributed by atoms with Crippen molar-refractivity contribution in [1.82, 2.24) is 5.32 Å². The molecular formula is C24H24N2O4S. The molecule has 0 aromatic heterocycles. The van der Waals surface area contributed by atoms with Crippen LogP contribution in [0.5, 0.6) is 5.75 Å². The van der Waals surface area contributed by atoms with Crippen molar-refractivity contribution >= 4 is 21.6 Å². The SMILES string of the molecule is Cc1ccc([C@@H](NC(=O)[C@@H]2CN(S(C)(=O)=O)c3ccccc3O2)c2ccccc2)cc1. The number of sulfonamides is 1. The average Bonchev–Trinajstić information content (AvgIpc) is 2.77. The van der Waals surface area contributed by atoms with Gasteiger partial charge in [0.2, 0.25) is 10.0 Å². The number of carbonyl (C=O) groups excluding carboxylic acids is 1. The van der Waals surface area contributed by atoms with Crippen LogP contribution in [0.1, 0.15) is 22.7 Å². The summed E-state index contributed by atoms with van der Waals surface area (Å²) >= 11 is 0. The lowest BCUT2D eigenvalue weighted by molar-refractivity contribution is -0.128. The van der Waals surface area contributed by atoms with Crippen LogP contribution in [0.3, 0.4) is 0 Å². The van der Waals surface area contributed by atoms with Crippen molar-refractivity contribution in [2.75, 3.05) is 17.1 Å². The second-order valence-corrected chi connectivity index (χ2v) is 9.54. The van der Waals surface area contributed by atoms with Gasteiger partial charge in [0.15, 0.2) is 6.10 Å². The van der Waals surface area contributed by atoms with Crippen LogP contribution in [0, 0.1) is 6.92 Å². The van der Waals surface area contributed by atoms with Crippen LogP contribution in [-0.4, -0.2) is 33.2 Å². The van der Waals surface area contributed by atoms with Crippen molar-refractivity contribution in [3.05, 3.63) is 95.6 Å². The van der Waals surface area contributed by atoms with Gasteiger partial charge >= 0.3 is 0 Å². The van der Waals surface area contributed by atoms with Crippen LogP contribution in [0.15, 0.2) is 78.9 Å². The van der Waals surface area contributed by atoms with Gasteiger partial charge in [-0.15, -0.1) is 0 Å². The van der Waals surface area contributed by atoms with Crippen LogP contribution in [0.2, 0.25) is 0 Å². The topological polar surface area (TPSA) is 75.7 Å². The van der Waals surface area contributed by atoms with Gasteiger partial charge in [-0.25, -0.2) is 8.42 Å². The Hall–Kier alpha value is -3.32. The van der Waals surface area contributed by atoms with E-state index in [0.717, 1.165) is 22.9 Å². The van der Waals surface area contributed by atoms with Gasteiger partial charge in [0.1, 0.15) is 5.75 Å². The normalized spacial score (nSPS) is 16.7. The average molecular weight is 437 g/mol. The molecule has 160 valence electrons. The maximum atomic E-state index is 13.2. The number of benzene rings is 3. The molecule has 3 aromatic rings. The molecular weight excluding hydrogens is 412 g/mol. The maximum absolute atomic E-state index is 13.2. The van der Waals surface area contributed by atoms with Gasteiger partial charge < -0.3 is 10.1 Å². The molecule has 0 aliphatic carbocycles. The fourth-order valence-corrected chi connectivity index (χ4v) is 4.57. The quantitative estimate of drug-likeness (QED) is 0.665. The first kappa shape index (κ1) is 20.9. The minimum atomic E-state index is -3.57. The van der Waals surface area contributed by atoms with E-state index in [1.807, 2.05) is 61.5 Å². The van der Waals surface area contributed by atoms with E-state index in [4.69, 9.17) is 4.74 Å². The number of ether oxygens (including phenoxy) is 1. The Kier molecular flexibility index (Phi) is 5.69. The molecule has 1 aliphatic heterocycles. The molecule has 1 aliphatic rings. The molecule has 0 radical (unpaired) electrons. The highest BCUT2D eigenvalue weighted by Gasteiger charge is 2.35. The van der Waals surface area contributed by atoms with E-state index >= 15 is 0 Å². The van der Waals surface area contributed by atoms with E-state index in [-0.39, 0.29) is 18.5 Å². The molecule has 0 saturated heterocycles. The third-order valence-electron chi connectivity index (χ3n) is 5.26. The van der Waals surface area contributed by atoms with Crippen LogP contribution in [0.25, 0.3) is 0 Å². The predicted octanol–water partition coefficient (Wildman–Crippen LogP) is 3.43. The van der Waals surface area contributed by atoms with E-state index < -0.39 is 16.1 Å². The maximum Gasteiger partial charge on any atom is 0.263 e. The van der Waals surface area contributed by atoms with Gasteiger partial charge in [0, 0.05) is 0 Å². The smallest absolute Gasteiger partial charge is 0.263 e. The largest absolute Gasteiger partial charge is 0.476 e. The third kappa shape index (κ3) is 4.56. The number of fused-ring (bicyclic) bond motifs is 1. The Bertz CT molecular complexity index is 1180. The number of aryl methyl sites for hydroxylation is 1. The Balaban J connectivity index is 1.64. The van der Waals surface area contributed by atoms with Gasteiger partial charge in [0.25, 0.3) is 5.91 Å². The number of amides is 1. The minimum absolute atomic E-state index is 0.0862. The summed E-state index contributed by atoms with van der Waals surface area (Å²) in [6.07, 6.45) is 0.157. The first-order valence-corrected chi connectivity index (χ1v) is 11.8. The number of para-hydroxylation sites is 2. The van der Waals surface area contributed by atoms with Gasteiger partial charge in [-0.05, 0) is 30.2 Å². The van der Waals surface area contributed by atoms with Crippen LogP contribution in [-0.2, 0) is 14.8 Å². The number of hydrogen-bond donors (Lipinski definition) is 1. The van der Waals surface area contributed by atoms with Crippen LogP contribution >= 0.6 is 0 Å². The second-order valence-electron chi connectivity index (χ2n) is 7.63. The number of nitrogens with one attached hydrogen (secondary N) is 1. The molecule has 0 fully saturated rings. The van der Waals surface area contributed by atoms with Crippen molar-refractivity contribution in [2.24, 2.45) is 0 Å². The molecule has 0 saturated carbocycles. The van der Waals surface area contributed by atoms with Crippen LogP contribution in [0.4, 0.5) is 5.69 Å². The van der Waals surface area contributed by atoms with Gasteiger partial charge in [-0.1, -0.05) is 72.3 Å². The Morgan fingerprint density at radius 2 is 1.58 bits per heavy atom. The highest BCUT2D eigenvalue weighted by Crippen LogP contribution is 2.35. The second kappa shape index (κ2) is 8.43. The van der Waals surface area contributed by atoms with Crippen molar-refractivity contribution in [3.63, 3.8) is 0 Å². The summed E-state index contributed by atoms with van der Waals surface area (Å²) in [7, 11) is -3.57. The lowest BCUT2D eigenvalue weighted by Gasteiger charge is -2.34. The van der Waals surface area contributed by atoms with Crippen LogP contribution < -0.4 is 14.4 Å². The first-order chi connectivity index (χ1) is 14.8. The molecule has 0 bridgehead atoms. The van der Waals surface area contributed by atoms with Crippen molar-refractivity contribution in [2.45, 2.75) is 19.1 Å². The minimum Gasteiger partial charge on any atom is -0.476 e. The van der Waals surface area contributed by atoms with Crippen molar-refractivity contribution in [3.8, 4) is 5.75 Å². The molecule has 0 unspecified atom stereocenters. The summed E-state index contributed by atoms with van der Waals surface area (Å²) in [5.41, 5.74) is 3.42. The summed E-state index contributed by atoms with van der Waals surface area (Å²) in [6.45, 7) is 1.92. The number of hydrogen-bond acceptors (Lipinski definition) is 4. The van der Waals surface area contributed by atoms with Crippen molar-refractivity contribution in [1.29, 1.82) is 0 Å². The van der Waals surface area contributed by atoms with E-state index in [2.05, 4.69) is 5.32 Å². The Morgan fingerprint density at radius 1 is 0.968 bits per heavy atom. The summed E-state index contributed by atoms with van der Waals surface area (Å²) < 4.78 is 31.8. The molecule has 3 aromatic carbocycles. The van der Waals surface area contributed by atoms with Gasteiger partial charge in [-0.3, -0.25) is 9.10 Å². The zero-order chi connectivity index (χ0) is 22.0. The molecule has 1 amide bonds. The number of anilines is 1. The third-order valence-corrected chi connectivity index (χ3v) is 6.40. The summed E-state index contributed by atoms with van der Waals surface area (Å²) in [5.74, 6) is -0.0106. The highest BCUT2D eigenvalue weighted by atomic mass is 32.2. The molecule has 31 heavy (non-hydrogen) atoms. The van der Waals surface area contributed by atoms with E-state index in [1.165, 1.54) is 4.31 Å². The van der Waals surface area contributed by atoms with Gasteiger partial charge in [-0.2, -0.15) is 0 Å². The molecule has 4 rings (SSSR count). The number of carbonyl (C=O) groups is 1. The van der Waals surface area contributed by atoms with E-state index in [0.29, 0.717) is 11.4 Å². The number of rotatable bonds is 5. The standard InChI is InChI=1S/C24H24N2O4S/c1-17-12-14-19(15-13-17)23(18-8-4-3-5-9-18)25-24(27)22-16-26(31(2,28)29)20-10-6-7-11-21(20)30-22/h3-15,22-23H,16H2,1-2H3,(H,25,27)/t22-,23-/m0/s1. The number of nitrogens with zero attached hydrogens (tertiary/aromatic N) is 1. The predicted molar refractivity (Wildman–Crippen MR) is 121 cm³/mol. The lowest BCUT2D eigenvalue weighted by atomic mass is 9.97. The zero-order valence-corrected chi connectivity index (χ0v) is 18.2.